The fourth-order valence-corrected chi connectivity index (χ4v) is 5.87. The van der Waals surface area contributed by atoms with Crippen LogP contribution < -0.4 is 30.7 Å². The smallest absolute Gasteiger partial charge is 0.255 e. The molecule has 4 N–H and O–H groups in total. The second-order valence-electron chi connectivity index (χ2n) is 11.5. The number of carbonyl (C=O) groups excluding carboxylic acids is 3. The Labute approximate surface area is 258 Å². The highest BCUT2D eigenvalue weighted by Crippen LogP contribution is 2.31. The summed E-state index contributed by atoms with van der Waals surface area (Å²) in [7, 11) is 3.10. The van der Waals surface area contributed by atoms with Gasteiger partial charge >= 0.3 is 0 Å². The van der Waals surface area contributed by atoms with Crippen molar-refractivity contribution in [1.82, 2.24) is 10.2 Å². The highest BCUT2D eigenvalue weighted by Gasteiger charge is 2.26. The van der Waals surface area contributed by atoms with Gasteiger partial charge in [-0.2, -0.15) is 0 Å². The zero-order valence-electron chi connectivity index (χ0n) is 25.6. The van der Waals surface area contributed by atoms with Crippen LogP contribution in [0, 0.1) is 6.92 Å². The predicted molar refractivity (Wildman–Crippen MR) is 171 cm³/mol. The second-order valence-corrected chi connectivity index (χ2v) is 11.5. The van der Waals surface area contributed by atoms with Crippen molar-refractivity contribution >= 4 is 29.1 Å². The minimum Gasteiger partial charge on any atom is -0.493 e. The van der Waals surface area contributed by atoms with E-state index in [1.165, 1.54) is 0 Å². The van der Waals surface area contributed by atoms with Gasteiger partial charge in [-0.3, -0.25) is 14.4 Å². The molecule has 5 rings (SSSR count). The number of nitrogens with one attached hydrogen (secondary N) is 2. The van der Waals surface area contributed by atoms with Gasteiger partial charge in [0.2, 0.25) is 0 Å². The summed E-state index contributed by atoms with van der Waals surface area (Å²) in [6.07, 6.45) is 3.49. The number of aryl methyl sites for hydroxylation is 1. The van der Waals surface area contributed by atoms with Gasteiger partial charge in [-0.25, -0.2) is 0 Å². The molecule has 10 nitrogen and oxygen atoms in total. The molecule has 0 unspecified atom stereocenters. The number of hydrogen-bond donors (Lipinski definition) is 3. The van der Waals surface area contributed by atoms with Crippen LogP contribution in [0.1, 0.15) is 62.3 Å². The molecule has 1 heterocycles. The number of anilines is 2. The summed E-state index contributed by atoms with van der Waals surface area (Å²) < 4.78 is 10.7. The summed E-state index contributed by atoms with van der Waals surface area (Å²) in [5.41, 5.74) is 9.90. The van der Waals surface area contributed by atoms with Gasteiger partial charge in [0.25, 0.3) is 17.7 Å². The van der Waals surface area contributed by atoms with Crippen molar-refractivity contribution in [2.24, 2.45) is 5.73 Å². The Bertz CT molecular complexity index is 1510. The molecule has 3 amide bonds. The third-order valence-electron chi connectivity index (χ3n) is 8.43. The van der Waals surface area contributed by atoms with Gasteiger partial charge in [0.15, 0.2) is 11.5 Å². The Kier molecular flexibility index (Phi) is 9.69. The van der Waals surface area contributed by atoms with E-state index in [0.717, 1.165) is 36.9 Å². The fourth-order valence-electron chi connectivity index (χ4n) is 5.87. The first-order chi connectivity index (χ1) is 21.2. The first kappa shape index (κ1) is 30.9. The van der Waals surface area contributed by atoms with Crippen molar-refractivity contribution in [1.29, 1.82) is 0 Å². The van der Waals surface area contributed by atoms with Crippen molar-refractivity contribution in [2.45, 2.75) is 44.7 Å². The molecule has 1 aliphatic heterocycles. The topological polar surface area (TPSA) is 126 Å². The number of piperazine rings is 1. The number of nitrogens with zero attached hydrogens (tertiary/aromatic N) is 2. The average Bonchev–Trinajstić information content (AvgIpc) is 3.05. The van der Waals surface area contributed by atoms with Crippen molar-refractivity contribution in [2.75, 3.05) is 50.6 Å². The molecule has 1 saturated carbocycles. The fraction of sp³-hybridized carbons (Fsp3) is 0.382. The average molecular weight is 600 g/mol. The lowest BCUT2D eigenvalue weighted by Crippen LogP contribution is -2.49. The van der Waals surface area contributed by atoms with Crippen molar-refractivity contribution in [3.63, 3.8) is 0 Å². The van der Waals surface area contributed by atoms with E-state index in [4.69, 9.17) is 15.2 Å². The summed E-state index contributed by atoms with van der Waals surface area (Å²) in [6, 6.07) is 18.2. The van der Waals surface area contributed by atoms with Crippen molar-refractivity contribution < 1.29 is 23.9 Å². The molecule has 2 aliphatic rings. The normalized spacial score (nSPS) is 18.4. The largest absolute Gasteiger partial charge is 0.493 e. The quantitative estimate of drug-likeness (QED) is 0.354. The highest BCUT2D eigenvalue weighted by atomic mass is 16.5. The van der Waals surface area contributed by atoms with Gasteiger partial charge in [0.1, 0.15) is 0 Å². The third-order valence-corrected chi connectivity index (χ3v) is 8.43. The Morgan fingerprint density at radius 2 is 1.45 bits per heavy atom. The van der Waals surface area contributed by atoms with Crippen LogP contribution in [-0.4, -0.2) is 75.1 Å². The zero-order chi connectivity index (χ0) is 31.2. The van der Waals surface area contributed by atoms with Crippen molar-refractivity contribution in [3.8, 4) is 11.5 Å². The molecular formula is C34H41N5O5. The highest BCUT2D eigenvalue weighted by molar-refractivity contribution is 6.07. The van der Waals surface area contributed by atoms with Crippen LogP contribution in [0.2, 0.25) is 0 Å². The monoisotopic (exact) mass is 599 g/mol. The second kappa shape index (κ2) is 13.8. The first-order valence-corrected chi connectivity index (χ1v) is 15.1. The summed E-state index contributed by atoms with van der Waals surface area (Å²) in [4.78, 5) is 43.8. The lowest BCUT2D eigenvalue weighted by atomic mass is 9.91. The lowest BCUT2D eigenvalue weighted by molar-refractivity contribution is 0.0746. The Morgan fingerprint density at radius 1 is 0.773 bits per heavy atom. The minimum atomic E-state index is -0.254. The summed E-state index contributed by atoms with van der Waals surface area (Å²) in [6.45, 7) is 4.03. The van der Waals surface area contributed by atoms with E-state index in [9.17, 15) is 14.4 Å². The van der Waals surface area contributed by atoms with E-state index in [0.29, 0.717) is 60.1 Å². The molecule has 1 aliphatic carbocycles. The molecule has 0 aromatic heterocycles. The number of hydrogen-bond acceptors (Lipinski definition) is 7. The third kappa shape index (κ3) is 7.14. The molecule has 10 heteroatoms. The molecule has 0 bridgehead atoms. The maximum atomic E-state index is 13.3. The van der Waals surface area contributed by atoms with Gasteiger partial charge < -0.3 is 35.6 Å². The van der Waals surface area contributed by atoms with Crippen LogP contribution in [-0.2, 0) is 0 Å². The van der Waals surface area contributed by atoms with Gasteiger partial charge in [0.05, 0.1) is 25.6 Å². The molecule has 232 valence electrons. The SMILES string of the molecule is COc1ccc(C(=O)N2CCN(c3ccc(C(=O)NC4CCC(N)CC4)cc3NC(=O)c3cccc(C)c3)CC2)cc1OC. The van der Waals surface area contributed by atoms with E-state index >= 15 is 0 Å². The van der Waals surface area contributed by atoms with Crippen LogP contribution in [0.15, 0.2) is 60.7 Å². The van der Waals surface area contributed by atoms with Gasteiger partial charge in [-0.15, -0.1) is 0 Å². The number of carbonyl (C=O) groups is 3. The number of methoxy groups -OCH3 is 2. The molecule has 44 heavy (non-hydrogen) atoms. The van der Waals surface area contributed by atoms with Gasteiger partial charge in [-0.05, 0) is 81.1 Å². The van der Waals surface area contributed by atoms with E-state index in [1.807, 2.05) is 31.2 Å². The zero-order valence-corrected chi connectivity index (χ0v) is 25.6. The van der Waals surface area contributed by atoms with E-state index in [-0.39, 0.29) is 29.8 Å². The molecule has 1 saturated heterocycles. The Hall–Kier alpha value is -4.57. The molecule has 0 spiro atoms. The van der Waals surface area contributed by atoms with Crippen LogP contribution in [0.25, 0.3) is 0 Å². The summed E-state index contributed by atoms with van der Waals surface area (Å²) >= 11 is 0. The number of nitrogens with two attached hydrogens (primary N) is 1. The molecule has 2 fully saturated rings. The summed E-state index contributed by atoms with van der Waals surface area (Å²) in [5, 5.41) is 6.20. The maximum absolute atomic E-state index is 13.3. The van der Waals surface area contributed by atoms with Crippen LogP contribution in [0.3, 0.4) is 0 Å². The van der Waals surface area contributed by atoms with Gasteiger partial charge in [0, 0.05) is 55.0 Å². The van der Waals surface area contributed by atoms with Gasteiger partial charge in [-0.1, -0.05) is 17.7 Å². The lowest BCUT2D eigenvalue weighted by Gasteiger charge is -2.37. The molecule has 0 atom stereocenters. The first-order valence-electron chi connectivity index (χ1n) is 15.1. The molecular weight excluding hydrogens is 558 g/mol. The number of ether oxygens (including phenoxy) is 2. The standard InChI is InChI=1S/C34H41N5O5/c1-22-5-4-6-23(19-22)33(41)37-28-20-24(32(40)36-27-11-9-26(35)10-12-27)7-13-29(28)38-15-17-39(18-16-38)34(42)25-8-14-30(43-2)31(21-25)44-3/h4-8,13-14,19-21,26-27H,9-12,15-18,35H2,1-3H3,(H,36,40)(H,37,41). The number of rotatable bonds is 8. The maximum Gasteiger partial charge on any atom is 0.255 e. The van der Waals surface area contributed by atoms with Crippen LogP contribution in [0.5, 0.6) is 11.5 Å². The van der Waals surface area contributed by atoms with E-state index < -0.39 is 0 Å². The van der Waals surface area contributed by atoms with Crippen LogP contribution in [0.4, 0.5) is 11.4 Å². The van der Waals surface area contributed by atoms with E-state index in [1.54, 1.807) is 55.5 Å². The molecule has 3 aromatic carbocycles. The van der Waals surface area contributed by atoms with Crippen molar-refractivity contribution in [3.05, 3.63) is 82.9 Å². The summed E-state index contributed by atoms with van der Waals surface area (Å²) in [5.74, 6) is 0.551. The molecule has 3 aromatic rings. The Balaban J connectivity index is 1.33. The van der Waals surface area contributed by atoms with Crippen LogP contribution >= 0.6 is 0 Å². The Morgan fingerprint density at radius 3 is 2.14 bits per heavy atom. The van der Waals surface area contributed by atoms with E-state index in [2.05, 4.69) is 15.5 Å². The number of amides is 3. The number of benzene rings is 3. The predicted octanol–water partition coefficient (Wildman–Crippen LogP) is 4.23. The molecule has 0 radical (unpaired) electrons. The minimum absolute atomic E-state index is 0.0867.